The van der Waals surface area contributed by atoms with Crippen LogP contribution in [0.4, 0.5) is 5.69 Å². The van der Waals surface area contributed by atoms with Gasteiger partial charge in [-0.3, -0.25) is 9.10 Å². The van der Waals surface area contributed by atoms with Crippen LogP contribution in [0.15, 0.2) is 53.4 Å². The number of para-hydroxylation sites is 1. The maximum absolute atomic E-state index is 13.3. The molecule has 0 saturated carbocycles. The highest BCUT2D eigenvalue weighted by Gasteiger charge is 2.32. The Hall–Kier alpha value is -2.38. The zero-order valence-corrected chi connectivity index (χ0v) is 19.3. The van der Waals surface area contributed by atoms with E-state index in [1.54, 1.807) is 23.1 Å². The first-order valence-electron chi connectivity index (χ1n) is 11.0. The highest BCUT2D eigenvalue weighted by Crippen LogP contribution is 2.33. The van der Waals surface area contributed by atoms with Crippen LogP contribution in [-0.4, -0.2) is 62.9 Å². The predicted octanol–water partition coefficient (Wildman–Crippen LogP) is 3.38. The summed E-state index contributed by atoms with van der Waals surface area (Å²) in [4.78, 5) is 17.5. The van der Waals surface area contributed by atoms with Gasteiger partial charge in [-0.15, -0.1) is 0 Å². The lowest BCUT2D eigenvalue weighted by molar-refractivity contribution is 0.0615. The van der Waals surface area contributed by atoms with E-state index in [2.05, 4.69) is 18.7 Å². The minimum atomic E-state index is -3.72. The molecule has 1 amide bonds. The predicted molar refractivity (Wildman–Crippen MR) is 123 cm³/mol. The number of sulfonamides is 1. The van der Waals surface area contributed by atoms with E-state index in [-0.39, 0.29) is 16.8 Å². The SMILES string of the molecule is CC(C)N1CCC(N(C)C(=O)c2cccc(S(=O)(=O)N3CCc4ccccc43)c2)CC1. The van der Waals surface area contributed by atoms with Crippen LogP contribution in [0.1, 0.15) is 42.6 Å². The van der Waals surface area contributed by atoms with Crippen molar-refractivity contribution in [2.75, 3.05) is 31.0 Å². The average molecular weight is 442 g/mol. The molecule has 1 fully saturated rings. The van der Waals surface area contributed by atoms with E-state index < -0.39 is 10.0 Å². The minimum absolute atomic E-state index is 0.123. The quantitative estimate of drug-likeness (QED) is 0.714. The fourth-order valence-corrected chi connectivity index (χ4v) is 6.18. The third kappa shape index (κ3) is 4.21. The molecule has 0 aliphatic carbocycles. The van der Waals surface area contributed by atoms with E-state index in [0.717, 1.165) is 37.2 Å². The van der Waals surface area contributed by atoms with Crippen molar-refractivity contribution in [1.29, 1.82) is 0 Å². The van der Waals surface area contributed by atoms with E-state index in [0.29, 0.717) is 24.6 Å². The molecule has 0 N–H and O–H groups in total. The normalized spacial score (nSPS) is 17.7. The van der Waals surface area contributed by atoms with Crippen LogP contribution >= 0.6 is 0 Å². The van der Waals surface area contributed by atoms with Gasteiger partial charge in [0.1, 0.15) is 0 Å². The van der Waals surface area contributed by atoms with Gasteiger partial charge >= 0.3 is 0 Å². The highest BCUT2D eigenvalue weighted by molar-refractivity contribution is 7.92. The van der Waals surface area contributed by atoms with Crippen molar-refractivity contribution >= 4 is 21.6 Å². The fraction of sp³-hybridized carbons (Fsp3) is 0.458. The number of likely N-dealkylation sites (tertiary alicyclic amines) is 1. The Labute approximate surface area is 185 Å². The second-order valence-corrected chi connectivity index (χ2v) is 10.6. The van der Waals surface area contributed by atoms with Crippen molar-refractivity contribution in [3.63, 3.8) is 0 Å². The second-order valence-electron chi connectivity index (χ2n) is 8.76. The molecule has 2 aliphatic rings. The molecule has 0 bridgehead atoms. The maximum Gasteiger partial charge on any atom is 0.264 e. The number of piperidine rings is 1. The molecule has 166 valence electrons. The molecule has 0 aromatic heterocycles. The lowest BCUT2D eigenvalue weighted by Crippen LogP contribution is -2.47. The summed E-state index contributed by atoms with van der Waals surface area (Å²) >= 11 is 0. The van der Waals surface area contributed by atoms with Crippen LogP contribution in [0.5, 0.6) is 0 Å². The van der Waals surface area contributed by atoms with Gasteiger partial charge in [0, 0.05) is 44.3 Å². The topological polar surface area (TPSA) is 60.9 Å². The fourth-order valence-electron chi connectivity index (χ4n) is 4.63. The number of hydrogen-bond donors (Lipinski definition) is 0. The number of benzene rings is 2. The minimum Gasteiger partial charge on any atom is -0.339 e. The van der Waals surface area contributed by atoms with Gasteiger partial charge in [-0.2, -0.15) is 0 Å². The monoisotopic (exact) mass is 441 g/mol. The van der Waals surface area contributed by atoms with Gasteiger partial charge in [0.2, 0.25) is 0 Å². The average Bonchev–Trinajstić information content (AvgIpc) is 3.23. The van der Waals surface area contributed by atoms with E-state index in [1.165, 1.54) is 10.4 Å². The number of rotatable bonds is 5. The summed E-state index contributed by atoms with van der Waals surface area (Å²) in [5.41, 5.74) is 2.18. The van der Waals surface area contributed by atoms with Gasteiger partial charge in [-0.25, -0.2) is 8.42 Å². The van der Waals surface area contributed by atoms with Crippen molar-refractivity contribution in [2.24, 2.45) is 0 Å². The lowest BCUT2D eigenvalue weighted by Gasteiger charge is -2.38. The first-order valence-corrected chi connectivity index (χ1v) is 12.4. The zero-order chi connectivity index (χ0) is 22.2. The van der Waals surface area contributed by atoms with E-state index in [1.807, 2.05) is 31.3 Å². The Balaban J connectivity index is 1.53. The number of fused-ring (bicyclic) bond motifs is 1. The lowest BCUT2D eigenvalue weighted by atomic mass is 10.0. The molecular formula is C24H31N3O3S. The molecule has 7 heteroatoms. The molecule has 2 aromatic rings. The summed E-state index contributed by atoms with van der Waals surface area (Å²) in [5.74, 6) is -0.123. The van der Waals surface area contributed by atoms with E-state index >= 15 is 0 Å². The van der Waals surface area contributed by atoms with Gasteiger partial charge in [0.05, 0.1) is 10.6 Å². The van der Waals surface area contributed by atoms with E-state index in [9.17, 15) is 13.2 Å². The van der Waals surface area contributed by atoms with E-state index in [4.69, 9.17) is 0 Å². The van der Waals surface area contributed by atoms with Gasteiger partial charge < -0.3 is 9.80 Å². The molecule has 0 spiro atoms. The van der Waals surface area contributed by atoms with Crippen LogP contribution in [0.3, 0.4) is 0 Å². The number of hydrogen-bond acceptors (Lipinski definition) is 4. The molecule has 4 rings (SSSR count). The number of amides is 1. The Bertz CT molecular complexity index is 1060. The summed E-state index contributed by atoms with van der Waals surface area (Å²) in [6, 6.07) is 14.7. The highest BCUT2D eigenvalue weighted by atomic mass is 32.2. The Morgan fingerprint density at radius 2 is 1.74 bits per heavy atom. The molecule has 2 aromatic carbocycles. The molecular weight excluding hydrogens is 410 g/mol. The molecule has 1 saturated heterocycles. The van der Waals surface area contributed by atoms with Crippen molar-refractivity contribution < 1.29 is 13.2 Å². The summed E-state index contributed by atoms with van der Waals surface area (Å²) in [5, 5.41) is 0. The van der Waals surface area contributed by atoms with Crippen molar-refractivity contribution in [3.05, 3.63) is 59.7 Å². The molecule has 0 radical (unpaired) electrons. The van der Waals surface area contributed by atoms with Gasteiger partial charge in [-0.05, 0) is 62.9 Å². The van der Waals surface area contributed by atoms with Crippen molar-refractivity contribution in [1.82, 2.24) is 9.80 Å². The number of nitrogens with zero attached hydrogens (tertiary/aromatic N) is 3. The number of carbonyl (C=O) groups excluding carboxylic acids is 1. The Morgan fingerprint density at radius 1 is 1.03 bits per heavy atom. The third-order valence-corrected chi connectivity index (χ3v) is 8.42. The third-order valence-electron chi connectivity index (χ3n) is 6.61. The molecule has 31 heavy (non-hydrogen) atoms. The van der Waals surface area contributed by atoms with Crippen LogP contribution in [0.25, 0.3) is 0 Å². The summed E-state index contributed by atoms with van der Waals surface area (Å²) < 4.78 is 28.1. The van der Waals surface area contributed by atoms with Gasteiger partial charge in [0.25, 0.3) is 15.9 Å². The van der Waals surface area contributed by atoms with Crippen molar-refractivity contribution in [2.45, 2.75) is 50.1 Å². The van der Waals surface area contributed by atoms with Gasteiger partial charge in [-0.1, -0.05) is 24.3 Å². The first-order chi connectivity index (χ1) is 14.8. The molecule has 2 aliphatic heterocycles. The number of anilines is 1. The Kier molecular flexibility index (Phi) is 6.08. The maximum atomic E-state index is 13.3. The second kappa shape index (κ2) is 8.63. The largest absolute Gasteiger partial charge is 0.339 e. The number of carbonyl (C=O) groups is 1. The molecule has 0 atom stereocenters. The molecule has 6 nitrogen and oxygen atoms in total. The standard InChI is InChI=1S/C24H31N3O3S/c1-18(2)26-14-12-21(13-15-26)25(3)24(28)20-8-6-9-22(17-20)31(29,30)27-16-11-19-7-4-5-10-23(19)27/h4-10,17-18,21H,11-16H2,1-3H3. The van der Waals surface area contributed by atoms with Crippen LogP contribution in [0, 0.1) is 0 Å². The van der Waals surface area contributed by atoms with Crippen molar-refractivity contribution in [3.8, 4) is 0 Å². The summed E-state index contributed by atoms with van der Waals surface area (Å²) in [7, 11) is -1.89. The molecule has 0 unspecified atom stereocenters. The Morgan fingerprint density at radius 3 is 2.45 bits per heavy atom. The first kappa shape index (κ1) is 21.8. The summed E-state index contributed by atoms with van der Waals surface area (Å²) in [6.07, 6.45) is 2.57. The van der Waals surface area contributed by atoms with Gasteiger partial charge in [0.15, 0.2) is 0 Å². The van der Waals surface area contributed by atoms with Crippen LogP contribution in [0.2, 0.25) is 0 Å². The smallest absolute Gasteiger partial charge is 0.264 e. The van der Waals surface area contributed by atoms with Crippen LogP contribution < -0.4 is 4.31 Å². The summed E-state index contributed by atoms with van der Waals surface area (Å²) in [6.45, 7) is 6.76. The zero-order valence-electron chi connectivity index (χ0n) is 18.5. The van der Waals surface area contributed by atoms with Crippen LogP contribution in [-0.2, 0) is 16.4 Å². The molecule has 2 heterocycles.